The molecule has 0 spiro atoms. The molecule has 0 atom stereocenters. The minimum atomic E-state index is 1.02. The van der Waals surface area contributed by atoms with Crippen molar-refractivity contribution in [2.75, 3.05) is 18.9 Å². The summed E-state index contributed by atoms with van der Waals surface area (Å²) in [6.07, 6.45) is 3.96. The number of hydrogen-bond acceptors (Lipinski definition) is 2. The van der Waals surface area contributed by atoms with Crippen LogP contribution in [0.3, 0.4) is 0 Å². The Kier molecular flexibility index (Phi) is 3.89. The van der Waals surface area contributed by atoms with Gasteiger partial charge in [0.1, 0.15) is 0 Å². The first-order valence-electron chi connectivity index (χ1n) is 4.51. The highest BCUT2D eigenvalue weighted by Crippen LogP contribution is 2.04. The number of hydrogen-bond donors (Lipinski definition) is 1. The van der Waals surface area contributed by atoms with E-state index < -0.39 is 0 Å². The number of anilines is 1. The van der Waals surface area contributed by atoms with Crippen LogP contribution in [0.25, 0.3) is 0 Å². The van der Waals surface area contributed by atoms with Gasteiger partial charge < -0.3 is 10.2 Å². The van der Waals surface area contributed by atoms with E-state index in [2.05, 4.69) is 17.1 Å². The fraction of sp³-hybridized carbons (Fsp3) is 0.273. The van der Waals surface area contributed by atoms with Crippen LogP contribution in [0.15, 0.2) is 42.7 Å². The van der Waals surface area contributed by atoms with E-state index in [1.165, 1.54) is 0 Å². The average molecular weight is 176 g/mol. The third-order valence-electron chi connectivity index (χ3n) is 1.85. The summed E-state index contributed by atoms with van der Waals surface area (Å²) < 4.78 is 0. The van der Waals surface area contributed by atoms with E-state index in [0.29, 0.717) is 0 Å². The minimum Gasteiger partial charge on any atom is -0.380 e. The van der Waals surface area contributed by atoms with Crippen LogP contribution >= 0.6 is 0 Å². The first-order chi connectivity index (χ1) is 6.33. The predicted molar refractivity (Wildman–Crippen MR) is 57.5 cm³/mol. The molecule has 2 heteroatoms. The van der Waals surface area contributed by atoms with Crippen molar-refractivity contribution >= 4 is 5.69 Å². The highest BCUT2D eigenvalue weighted by molar-refractivity contribution is 5.44. The van der Waals surface area contributed by atoms with Gasteiger partial charge in [-0.1, -0.05) is 18.2 Å². The standard InChI is InChI=1S/C11H16N2/c1-3-13(2)10-9-12-11-7-5-4-6-8-11/h4-10,12H,3H2,1-2H3/b10-9-. The Morgan fingerprint density at radius 3 is 2.62 bits per heavy atom. The van der Waals surface area contributed by atoms with Crippen molar-refractivity contribution in [3.05, 3.63) is 42.7 Å². The van der Waals surface area contributed by atoms with Crippen molar-refractivity contribution in [3.8, 4) is 0 Å². The average Bonchev–Trinajstić information content (AvgIpc) is 2.19. The van der Waals surface area contributed by atoms with E-state index in [-0.39, 0.29) is 0 Å². The molecule has 0 saturated carbocycles. The highest BCUT2D eigenvalue weighted by Gasteiger charge is 1.84. The van der Waals surface area contributed by atoms with Gasteiger partial charge in [-0.05, 0) is 19.1 Å². The zero-order valence-electron chi connectivity index (χ0n) is 8.20. The Morgan fingerprint density at radius 1 is 1.31 bits per heavy atom. The molecule has 0 bridgehead atoms. The maximum atomic E-state index is 3.19. The van der Waals surface area contributed by atoms with Gasteiger partial charge in [-0.25, -0.2) is 0 Å². The summed E-state index contributed by atoms with van der Waals surface area (Å²) in [5.41, 5.74) is 1.11. The Bertz CT molecular complexity index is 254. The van der Waals surface area contributed by atoms with Crippen molar-refractivity contribution in [1.29, 1.82) is 0 Å². The normalized spacial score (nSPS) is 10.3. The van der Waals surface area contributed by atoms with Crippen molar-refractivity contribution < 1.29 is 0 Å². The highest BCUT2D eigenvalue weighted by atomic mass is 15.1. The first kappa shape index (κ1) is 9.65. The summed E-state index contributed by atoms with van der Waals surface area (Å²) in [7, 11) is 2.04. The molecule has 1 rings (SSSR count). The lowest BCUT2D eigenvalue weighted by Crippen LogP contribution is -2.09. The first-order valence-corrected chi connectivity index (χ1v) is 4.51. The molecule has 0 saturated heterocycles. The zero-order valence-corrected chi connectivity index (χ0v) is 8.20. The molecular formula is C11H16N2. The fourth-order valence-corrected chi connectivity index (χ4v) is 0.901. The molecule has 70 valence electrons. The summed E-state index contributed by atoms with van der Waals surface area (Å²) >= 11 is 0. The molecule has 13 heavy (non-hydrogen) atoms. The zero-order chi connectivity index (χ0) is 9.52. The lowest BCUT2D eigenvalue weighted by atomic mass is 10.3. The van der Waals surface area contributed by atoms with Gasteiger partial charge in [-0.15, -0.1) is 0 Å². The van der Waals surface area contributed by atoms with E-state index in [4.69, 9.17) is 0 Å². The van der Waals surface area contributed by atoms with Crippen LogP contribution < -0.4 is 5.32 Å². The van der Waals surface area contributed by atoms with Gasteiger partial charge in [0.25, 0.3) is 0 Å². The number of nitrogens with zero attached hydrogens (tertiary/aromatic N) is 1. The third kappa shape index (κ3) is 3.65. The van der Waals surface area contributed by atoms with Crippen LogP contribution in [0, 0.1) is 0 Å². The van der Waals surface area contributed by atoms with Crippen LogP contribution in [-0.2, 0) is 0 Å². The van der Waals surface area contributed by atoms with Crippen LogP contribution in [-0.4, -0.2) is 18.5 Å². The van der Waals surface area contributed by atoms with Gasteiger partial charge in [0.15, 0.2) is 0 Å². The number of rotatable bonds is 4. The predicted octanol–water partition coefficient (Wildman–Crippen LogP) is 2.52. The van der Waals surface area contributed by atoms with E-state index in [1.807, 2.05) is 49.8 Å². The number of benzene rings is 1. The molecule has 1 N–H and O–H groups in total. The van der Waals surface area contributed by atoms with Gasteiger partial charge in [0.2, 0.25) is 0 Å². The summed E-state index contributed by atoms with van der Waals surface area (Å²) in [6.45, 7) is 3.14. The quantitative estimate of drug-likeness (QED) is 0.758. The van der Waals surface area contributed by atoms with Crippen molar-refractivity contribution in [2.45, 2.75) is 6.92 Å². The molecule has 0 unspecified atom stereocenters. The molecule has 1 aromatic rings. The Balaban J connectivity index is 2.39. The summed E-state index contributed by atoms with van der Waals surface area (Å²) in [5.74, 6) is 0. The van der Waals surface area contributed by atoms with Crippen LogP contribution in [0.2, 0.25) is 0 Å². The molecule has 0 aliphatic carbocycles. The third-order valence-corrected chi connectivity index (χ3v) is 1.85. The second kappa shape index (κ2) is 5.25. The van der Waals surface area contributed by atoms with Crippen LogP contribution in [0.5, 0.6) is 0 Å². The van der Waals surface area contributed by atoms with E-state index in [9.17, 15) is 0 Å². The minimum absolute atomic E-state index is 1.02. The van der Waals surface area contributed by atoms with Crippen molar-refractivity contribution in [1.82, 2.24) is 4.90 Å². The molecule has 0 radical (unpaired) electrons. The number of para-hydroxylation sites is 1. The van der Waals surface area contributed by atoms with Gasteiger partial charge in [-0.3, -0.25) is 0 Å². The maximum absolute atomic E-state index is 3.19. The maximum Gasteiger partial charge on any atom is 0.0380 e. The lowest BCUT2D eigenvalue weighted by molar-refractivity contribution is 0.483. The van der Waals surface area contributed by atoms with E-state index in [0.717, 1.165) is 12.2 Å². The summed E-state index contributed by atoms with van der Waals surface area (Å²) in [4.78, 5) is 2.11. The van der Waals surface area contributed by atoms with Gasteiger partial charge in [0.05, 0.1) is 0 Å². The molecule has 0 fully saturated rings. The molecule has 0 aromatic heterocycles. The lowest BCUT2D eigenvalue weighted by Gasteiger charge is -2.09. The van der Waals surface area contributed by atoms with Crippen LogP contribution in [0.4, 0.5) is 5.69 Å². The summed E-state index contributed by atoms with van der Waals surface area (Å²) in [5, 5.41) is 3.19. The van der Waals surface area contributed by atoms with Gasteiger partial charge in [-0.2, -0.15) is 0 Å². The largest absolute Gasteiger partial charge is 0.380 e. The summed E-state index contributed by atoms with van der Waals surface area (Å²) in [6, 6.07) is 10.1. The molecule has 0 aliphatic heterocycles. The Labute approximate surface area is 79.9 Å². The van der Waals surface area contributed by atoms with E-state index >= 15 is 0 Å². The van der Waals surface area contributed by atoms with Gasteiger partial charge >= 0.3 is 0 Å². The van der Waals surface area contributed by atoms with E-state index in [1.54, 1.807) is 0 Å². The molecule has 2 nitrogen and oxygen atoms in total. The Morgan fingerprint density at radius 2 is 2.00 bits per heavy atom. The topological polar surface area (TPSA) is 15.3 Å². The van der Waals surface area contributed by atoms with Gasteiger partial charge in [0, 0.05) is 31.7 Å². The monoisotopic (exact) mass is 176 g/mol. The second-order valence-electron chi connectivity index (χ2n) is 2.90. The molecule has 0 aliphatic rings. The van der Waals surface area contributed by atoms with Crippen molar-refractivity contribution in [2.24, 2.45) is 0 Å². The smallest absolute Gasteiger partial charge is 0.0380 e. The van der Waals surface area contributed by atoms with Crippen LogP contribution in [0.1, 0.15) is 6.92 Å². The molecule has 0 heterocycles. The SMILES string of the molecule is CCN(C)/C=C\Nc1ccccc1. The number of nitrogens with one attached hydrogen (secondary N) is 1. The molecule has 1 aromatic carbocycles. The fourth-order valence-electron chi connectivity index (χ4n) is 0.901. The van der Waals surface area contributed by atoms with Crippen molar-refractivity contribution in [3.63, 3.8) is 0 Å². The molecular weight excluding hydrogens is 160 g/mol. The Hall–Kier alpha value is -1.44. The second-order valence-corrected chi connectivity index (χ2v) is 2.90. The molecule has 0 amide bonds.